The first kappa shape index (κ1) is 11.5. The molecule has 0 bridgehead atoms. The number of unbranched alkanes of at least 4 members (excludes halogenated alkanes) is 2. The maximum atomic E-state index is 11.2. The molecule has 0 radical (unpaired) electrons. The fourth-order valence-corrected chi connectivity index (χ4v) is 0.344. The summed E-state index contributed by atoms with van der Waals surface area (Å²) in [6.07, 6.45) is 2.90. The van der Waals surface area contributed by atoms with Crippen LogP contribution in [-0.4, -0.2) is 6.67 Å². The average Bonchev–Trinajstić information content (AvgIpc) is 1.86. The topological polar surface area (TPSA) is 9.23 Å². The van der Waals surface area contributed by atoms with Gasteiger partial charge in [0.2, 0.25) is 0 Å². The Bertz CT molecular complexity index is 31.4. The number of halogens is 3. The van der Waals surface area contributed by atoms with Crippen LogP contribution in [-0.2, 0) is 5.15 Å². The summed E-state index contributed by atoms with van der Waals surface area (Å²) >= 11 is 0. The van der Waals surface area contributed by atoms with Gasteiger partial charge in [-0.2, -0.15) is 0 Å². The van der Waals surface area contributed by atoms with Crippen molar-refractivity contribution in [1.29, 1.82) is 0 Å². The standard InChI is InChI=1S/C5H11F.F2O/c1-2-3-4-5-6;1-3-2/h2-5H2,1H3;. The maximum absolute atomic E-state index is 11.2. The Kier molecular flexibility index (Phi) is 20.1. The lowest BCUT2D eigenvalue weighted by molar-refractivity contribution is -0.317. The van der Waals surface area contributed by atoms with Crippen LogP contribution in [0, 0.1) is 0 Å². The van der Waals surface area contributed by atoms with Gasteiger partial charge in [0.1, 0.15) is 0 Å². The molecule has 0 aliphatic carbocycles. The van der Waals surface area contributed by atoms with Gasteiger partial charge >= 0.3 is 0 Å². The monoisotopic (exact) mass is 144 g/mol. The molecule has 0 heterocycles. The minimum atomic E-state index is -0.145. The molecule has 0 aromatic rings. The smallest absolute Gasteiger partial charge is 0.0894 e. The molecule has 0 aliphatic rings. The Morgan fingerprint density at radius 1 is 1.22 bits per heavy atom. The third kappa shape index (κ3) is 33.9. The van der Waals surface area contributed by atoms with Gasteiger partial charge in [0, 0.05) is 5.15 Å². The summed E-state index contributed by atoms with van der Waals surface area (Å²) < 4.78 is 29.4. The van der Waals surface area contributed by atoms with Crippen LogP contribution in [0.5, 0.6) is 0 Å². The average molecular weight is 144 g/mol. The highest BCUT2D eigenvalue weighted by atomic mass is 19.6. The van der Waals surface area contributed by atoms with Gasteiger partial charge in [-0.05, 0) is 15.5 Å². The van der Waals surface area contributed by atoms with Gasteiger partial charge in [0.15, 0.2) is 0 Å². The van der Waals surface area contributed by atoms with Gasteiger partial charge in [0.25, 0.3) is 0 Å². The molecular formula is C5H11F3O. The van der Waals surface area contributed by atoms with E-state index in [2.05, 4.69) is 6.92 Å². The van der Waals surface area contributed by atoms with Crippen LogP contribution in [0.3, 0.4) is 0 Å². The summed E-state index contributed by atoms with van der Waals surface area (Å²) in [5.74, 6) is 0. The quantitative estimate of drug-likeness (QED) is 0.553. The molecule has 58 valence electrons. The summed E-state index contributed by atoms with van der Waals surface area (Å²) in [4.78, 5) is 0. The second-order valence-corrected chi connectivity index (χ2v) is 1.45. The first-order valence-electron chi connectivity index (χ1n) is 2.78. The first-order valence-corrected chi connectivity index (χ1v) is 2.78. The molecule has 0 aromatic carbocycles. The highest BCUT2D eigenvalue weighted by Gasteiger charge is 1.78. The minimum absolute atomic E-state index is 0.145. The zero-order chi connectivity index (χ0) is 7.54. The molecule has 4 heteroatoms. The predicted molar refractivity (Wildman–Crippen MR) is 28.8 cm³/mol. The van der Waals surface area contributed by atoms with Crippen molar-refractivity contribution >= 4 is 0 Å². The van der Waals surface area contributed by atoms with E-state index in [1.807, 2.05) is 0 Å². The van der Waals surface area contributed by atoms with E-state index in [9.17, 15) is 4.39 Å². The summed E-state index contributed by atoms with van der Waals surface area (Å²) in [6.45, 7) is 1.92. The van der Waals surface area contributed by atoms with Crippen LogP contribution in [0.2, 0.25) is 0 Å². The lowest BCUT2D eigenvalue weighted by Gasteiger charge is -1.84. The number of alkyl halides is 1. The molecule has 0 aliphatic heterocycles. The fraction of sp³-hybridized carbons (Fsp3) is 1.00. The van der Waals surface area contributed by atoms with E-state index in [0.29, 0.717) is 0 Å². The van der Waals surface area contributed by atoms with Gasteiger partial charge < -0.3 is 0 Å². The molecule has 0 spiro atoms. The van der Waals surface area contributed by atoms with Crippen LogP contribution in [0.1, 0.15) is 26.2 Å². The van der Waals surface area contributed by atoms with Crippen molar-refractivity contribution in [2.75, 3.05) is 6.67 Å². The molecule has 0 amide bonds. The summed E-state index contributed by atoms with van der Waals surface area (Å²) in [7, 11) is 0. The molecule has 0 atom stereocenters. The Labute approximate surface area is 52.6 Å². The van der Waals surface area contributed by atoms with Gasteiger partial charge in [-0.25, -0.2) is 0 Å². The zero-order valence-corrected chi connectivity index (χ0v) is 5.37. The van der Waals surface area contributed by atoms with Crippen molar-refractivity contribution < 1.29 is 18.6 Å². The van der Waals surface area contributed by atoms with Gasteiger partial charge in [-0.3, -0.25) is 4.39 Å². The van der Waals surface area contributed by atoms with Gasteiger partial charge in [-0.15, -0.1) is 0 Å². The largest absolute Gasteiger partial charge is 0.251 e. The van der Waals surface area contributed by atoms with E-state index in [-0.39, 0.29) is 6.67 Å². The Balaban J connectivity index is 0. The molecule has 0 saturated heterocycles. The Morgan fingerprint density at radius 2 is 1.67 bits per heavy atom. The molecule has 0 N–H and O–H groups in total. The Hall–Kier alpha value is -0.250. The molecule has 0 unspecified atom stereocenters. The van der Waals surface area contributed by atoms with Crippen molar-refractivity contribution in [3.63, 3.8) is 0 Å². The van der Waals surface area contributed by atoms with Crippen LogP contribution < -0.4 is 0 Å². The van der Waals surface area contributed by atoms with Gasteiger partial charge in [0.05, 0.1) is 6.67 Å². The first-order chi connectivity index (χ1) is 4.33. The van der Waals surface area contributed by atoms with Crippen LogP contribution in [0.15, 0.2) is 0 Å². The van der Waals surface area contributed by atoms with Crippen LogP contribution in [0.25, 0.3) is 0 Å². The summed E-state index contributed by atoms with van der Waals surface area (Å²) in [6, 6.07) is 0. The molecule has 0 aromatic heterocycles. The van der Waals surface area contributed by atoms with Crippen LogP contribution >= 0.6 is 0 Å². The third-order valence-electron chi connectivity index (χ3n) is 0.737. The maximum Gasteiger partial charge on any atom is 0.0894 e. The number of hydrogen-bond donors (Lipinski definition) is 0. The highest BCUT2D eigenvalue weighted by molar-refractivity contribution is 4.31. The number of rotatable bonds is 3. The van der Waals surface area contributed by atoms with E-state index < -0.39 is 0 Å². The molecule has 0 saturated carbocycles. The molecule has 1 nitrogen and oxygen atoms in total. The normalized spacial score (nSPS) is 8.00. The van der Waals surface area contributed by atoms with Crippen molar-refractivity contribution in [3.05, 3.63) is 0 Å². The van der Waals surface area contributed by atoms with Crippen molar-refractivity contribution in [2.45, 2.75) is 26.2 Å². The molecule has 9 heavy (non-hydrogen) atoms. The van der Waals surface area contributed by atoms with E-state index in [1.54, 1.807) is 0 Å². The predicted octanol–water partition coefficient (Wildman–Crippen LogP) is 2.92. The fourth-order valence-electron chi connectivity index (χ4n) is 0.344. The van der Waals surface area contributed by atoms with Crippen molar-refractivity contribution in [1.82, 2.24) is 0 Å². The summed E-state index contributed by atoms with van der Waals surface area (Å²) in [5.41, 5.74) is 0. The number of hydrogen-bond acceptors (Lipinski definition) is 1. The molecule has 0 fully saturated rings. The third-order valence-corrected chi connectivity index (χ3v) is 0.737. The molecule has 0 rings (SSSR count). The minimum Gasteiger partial charge on any atom is -0.251 e. The second-order valence-electron chi connectivity index (χ2n) is 1.45. The SMILES string of the molecule is CCCCCF.FOF. The summed E-state index contributed by atoms with van der Waals surface area (Å²) in [5, 5.41) is 1.25. The van der Waals surface area contributed by atoms with Crippen LogP contribution in [0.4, 0.5) is 13.4 Å². The van der Waals surface area contributed by atoms with E-state index in [4.69, 9.17) is 9.05 Å². The van der Waals surface area contributed by atoms with E-state index in [1.165, 1.54) is 5.15 Å². The van der Waals surface area contributed by atoms with Crippen molar-refractivity contribution in [3.8, 4) is 0 Å². The zero-order valence-electron chi connectivity index (χ0n) is 5.37. The van der Waals surface area contributed by atoms with Gasteiger partial charge in [-0.1, -0.05) is 19.8 Å². The highest BCUT2D eigenvalue weighted by Crippen LogP contribution is 1.91. The van der Waals surface area contributed by atoms with E-state index >= 15 is 0 Å². The lowest BCUT2D eigenvalue weighted by atomic mass is 10.3. The molecular weight excluding hydrogens is 133 g/mol. The Morgan fingerprint density at radius 3 is 1.78 bits per heavy atom. The second kappa shape index (κ2) is 15.7. The van der Waals surface area contributed by atoms with Crippen molar-refractivity contribution in [2.24, 2.45) is 0 Å². The van der Waals surface area contributed by atoms with E-state index in [0.717, 1.165) is 19.3 Å². The lowest BCUT2D eigenvalue weighted by Crippen LogP contribution is -1.72.